The molecule has 2 aromatic rings. The predicted molar refractivity (Wildman–Crippen MR) is 86.4 cm³/mol. The fourth-order valence-corrected chi connectivity index (χ4v) is 3.68. The highest BCUT2D eigenvalue weighted by Gasteiger charge is 2.19. The molecule has 0 spiro atoms. The number of benzene rings is 1. The van der Waals surface area contributed by atoms with Crippen LogP contribution in [0.1, 0.15) is 12.6 Å². The van der Waals surface area contributed by atoms with Crippen molar-refractivity contribution in [2.24, 2.45) is 0 Å². The Morgan fingerprint density at radius 2 is 2.27 bits per heavy atom. The van der Waals surface area contributed by atoms with Crippen LogP contribution in [0, 0.1) is 0 Å². The second kappa shape index (κ2) is 5.87. The maximum Gasteiger partial charge on any atom is 0.231 e. The number of hydrogen-bond donors (Lipinski definition) is 1. The highest BCUT2D eigenvalue weighted by Crippen LogP contribution is 2.36. The van der Waals surface area contributed by atoms with E-state index in [1.54, 1.807) is 11.3 Å². The second-order valence-corrected chi connectivity index (χ2v) is 6.59. The van der Waals surface area contributed by atoms with E-state index in [2.05, 4.69) is 22.5 Å². The van der Waals surface area contributed by atoms with E-state index in [0.717, 1.165) is 53.9 Å². The summed E-state index contributed by atoms with van der Waals surface area (Å²) in [7, 11) is 0. The quantitative estimate of drug-likeness (QED) is 0.941. The second-order valence-electron chi connectivity index (χ2n) is 5.74. The number of hydrogen-bond acceptors (Lipinski definition) is 6. The van der Waals surface area contributed by atoms with E-state index in [4.69, 9.17) is 14.5 Å². The third-order valence-corrected chi connectivity index (χ3v) is 5.12. The van der Waals surface area contributed by atoms with Crippen molar-refractivity contribution in [1.29, 1.82) is 0 Å². The van der Waals surface area contributed by atoms with Crippen molar-refractivity contribution >= 4 is 11.3 Å². The lowest BCUT2D eigenvalue weighted by Gasteiger charge is -2.33. The van der Waals surface area contributed by atoms with Crippen molar-refractivity contribution in [2.75, 3.05) is 26.4 Å². The van der Waals surface area contributed by atoms with Gasteiger partial charge in [0, 0.05) is 43.2 Å². The van der Waals surface area contributed by atoms with Crippen molar-refractivity contribution < 1.29 is 9.47 Å². The van der Waals surface area contributed by atoms with Gasteiger partial charge in [-0.05, 0) is 25.1 Å². The zero-order chi connectivity index (χ0) is 14.9. The van der Waals surface area contributed by atoms with Crippen molar-refractivity contribution in [3.05, 3.63) is 29.3 Å². The van der Waals surface area contributed by atoms with Crippen LogP contribution in [0.4, 0.5) is 0 Å². The van der Waals surface area contributed by atoms with Gasteiger partial charge in [0.2, 0.25) is 6.79 Å². The summed E-state index contributed by atoms with van der Waals surface area (Å²) in [5.41, 5.74) is 2.24. The molecule has 1 fully saturated rings. The molecule has 0 saturated carbocycles. The van der Waals surface area contributed by atoms with Crippen molar-refractivity contribution in [3.63, 3.8) is 0 Å². The molecular formula is C16H19N3O2S. The summed E-state index contributed by atoms with van der Waals surface area (Å²) in [6, 6.07) is 6.57. The van der Waals surface area contributed by atoms with E-state index in [9.17, 15) is 0 Å². The first kappa shape index (κ1) is 14.0. The number of nitrogens with zero attached hydrogens (tertiary/aromatic N) is 2. The number of rotatable bonds is 3. The molecule has 0 unspecified atom stereocenters. The Morgan fingerprint density at radius 3 is 3.18 bits per heavy atom. The number of fused-ring (bicyclic) bond motifs is 1. The lowest BCUT2D eigenvalue weighted by atomic mass is 10.2. The molecule has 116 valence electrons. The zero-order valence-corrected chi connectivity index (χ0v) is 13.4. The molecule has 4 rings (SSSR count). The summed E-state index contributed by atoms with van der Waals surface area (Å²) in [5.74, 6) is 1.63. The average molecular weight is 317 g/mol. The number of nitrogens with one attached hydrogen (secondary N) is 1. The molecule has 1 saturated heterocycles. The molecule has 1 atom stereocenters. The van der Waals surface area contributed by atoms with Crippen molar-refractivity contribution in [3.8, 4) is 22.1 Å². The third kappa shape index (κ3) is 2.69. The van der Waals surface area contributed by atoms with Gasteiger partial charge in [0.15, 0.2) is 11.5 Å². The van der Waals surface area contributed by atoms with Gasteiger partial charge >= 0.3 is 0 Å². The Balaban J connectivity index is 1.51. The van der Waals surface area contributed by atoms with Gasteiger partial charge in [0.05, 0.1) is 5.69 Å². The summed E-state index contributed by atoms with van der Waals surface area (Å²) in [6.07, 6.45) is 0. The highest BCUT2D eigenvalue weighted by molar-refractivity contribution is 7.13. The first-order valence-electron chi connectivity index (χ1n) is 7.59. The molecular weight excluding hydrogens is 298 g/mol. The largest absolute Gasteiger partial charge is 0.454 e. The molecule has 6 heteroatoms. The molecule has 5 nitrogen and oxygen atoms in total. The van der Waals surface area contributed by atoms with Gasteiger partial charge in [-0.2, -0.15) is 0 Å². The van der Waals surface area contributed by atoms with E-state index in [1.165, 1.54) is 0 Å². The van der Waals surface area contributed by atoms with E-state index in [0.29, 0.717) is 12.8 Å². The molecule has 1 N–H and O–H groups in total. The fourth-order valence-electron chi connectivity index (χ4n) is 2.87. The standard InChI is InChI=1S/C16H19N3O2S/c1-11-7-17-4-5-19(11)8-13-9-22-16(18-13)12-2-3-14-15(6-12)21-10-20-14/h2-3,6,9,11,17H,4-5,7-8,10H2,1H3/t11-/m0/s1. The van der Waals surface area contributed by atoms with Gasteiger partial charge in [-0.3, -0.25) is 4.90 Å². The zero-order valence-electron chi connectivity index (χ0n) is 12.5. The lowest BCUT2D eigenvalue weighted by Crippen LogP contribution is -2.49. The number of piperazine rings is 1. The summed E-state index contributed by atoms with van der Waals surface area (Å²) >= 11 is 1.69. The summed E-state index contributed by atoms with van der Waals surface area (Å²) in [5, 5.41) is 6.62. The van der Waals surface area contributed by atoms with Crippen LogP contribution in [-0.4, -0.2) is 42.4 Å². The van der Waals surface area contributed by atoms with E-state index in [1.807, 2.05) is 18.2 Å². The molecule has 0 radical (unpaired) electrons. The van der Waals surface area contributed by atoms with E-state index >= 15 is 0 Å². The van der Waals surface area contributed by atoms with Gasteiger partial charge < -0.3 is 14.8 Å². The van der Waals surface area contributed by atoms with Crippen LogP contribution < -0.4 is 14.8 Å². The molecule has 1 aromatic heterocycles. The highest BCUT2D eigenvalue weighted by atomic mass is 32.1. The summed E-state index contributed by atoms with van der Waals surface area (Å²) in [6.45, 7) is 6.69. The average Bonchev–Trinajstić information content (AvgIpc) is 3.17. The first-order chi connectivity index (χ1) is 10.8. The van der Waals surface area contributed by atoms with E-state index < -0.39 is 0 Å². The van der Waals surface area contributed by atoms with Crippen LogP contribution >= 0.6 is 11.3 Å². The van der Waals surface area contributed by atoms with Crippen LogP contribution in [0.3, 0.4) is 0 Å². The maximum absolute atomic E-state index is 5.44. The summed E-state index contributed by atoms with van der Waals surface area (Å²) in [4.78, 5) is 7.28. The van der Waals surface area contributed by atoms with Crippen molar-refractivity contribution in [2.45, 2.75) is 19.5 Å². The molecule has 3 heterocycles. The Bertz CT molecular complexity index is 673. The van der Waals surface area contributed by atoms with Crippen molar-refractivity contribution in [1.82, 2.24) is 15.2 Å². The van der Waals surface area contributed by atoms with E-state index in [-0.39, 0.29) is 0 Å². The minimum absolute atomic E-state index is 0.308. The number of ether oxygens (including phenoxy) is 2. The number of aromatic nitrogens is 1. The maximum atomic E-state index is 5.44. The molecule has 0 amide bonds. The molecule has 1 aromatic carbocycles. The molecule has 22 heavy (non-hydrogen) atoms. The van der Waals surface area contributed by atoms with Crippen LogP contribution in [0.2, 0.25) is 0 Å². The van der Waals surface area contributed by atoms with Gasteiger partial charge in [-0.25, -0.2) is 4.98 Å². The monoisotopic (exact) mass is 317 g/mol. The summed E-state index contributed by atoms with van der Waals surface area (Å²) < 4.78 is 10.8. The Hall–Kier alpha value is -1.63. The molecule has 0 bridgehead atoms. The van der Waals surface area contributed by atoms with Gasteiger partial charge in [-0.15, -0.1) is 11.3 Å². The van der Waals surface area contributed by atoms with Gasteiger partial charge in [-0.1, -0.05) is 0 Å². The topological polar surface area (TPSA) is 46.6 Å². The van der Waals surface area contributed by atoms with Crippen LogP contribution in [0.15, 0.2) is 23.6 Å². The first-order valence-corrected chi connectivity index (χ1v) is 8.47. The normalized spacial score (nSPS) is 21.2. The smallest absolute Gasteiger partial charge is 0.231 e. The van der Waals surface area contributed by atoms with Gasteiger partial charge in [0.1, 0.15) is 5.01 Å². The predicted octanol–water partition coefficient (Wildman–Crippen LogP) is 2.33. The van der Waals surface area contributed by atoms with Crippen LogP contribution in [0.25, 0.3) is 10.6 Å². The number of thiazole rings is 1. The van der Waals surface area contributed by atoms with Crippen LogP contribution in [-0.2, 0) is 6.54 Å². The molecule has 2 aliphatic rings. The fraction of sp³-hybridized carbons (Fsp3) is 0.438. The lowest BCUT2D eigenvalue weighted by molar-refractivity contribution is 0.164. The Labute approximate surface area is 133 Å². The SMILES string of the molecule is C[C@H]1CNCCN1Cc1csc(-c2ccc3c(c2)OCO3)n1. The third-order valence-electron chi connectivity index (χ3n) is 4.18. The van der Waals surface area contributed by atoms with Crippen LogP contribution in [0.5, 0.6) is 11.5 Å². The Kier molecular flexibility index (Phi) is 3.73. The minimum Gasteiger partial charge on any atom is -0.454 e. The van der Waals surface area contributed by atoms with Gasteiger partial charge in [0.25, 0.3) is 0 Å². The minimum atomic E-state index is 0.308. The molecule has 2 aliphatic heterocycles. The Morgan fingerprint density at radius 1 is 1.36 bits per heavy atom. The molecule has 0 aliphatic carbocycles.